The molecule has 1 amide bonds. The Labute approximate surface area is 147 Å². The van der Waals surface area contributed by atoms with Gasteiger partial charge in [0, 0.05) is 37.8 Å². The second-order valence-electron chi connectivity index (χ2n) is 6.22. The Morgan fingerprint density at radius 1 is 1.32 bits per heavy atom. The Morgan fingerprint density at radius 2 is 2.16 bits per heavy atom. The van der Waals surface area contributed by atoms with Crippen molar-refractivity contribution in [2.45, 2.75) is 33.0 Å². The minimum absolute atomic E-state index is 0.0502. The van der Waals surface area contributed by atoms with E-state index in [1.54, 1.807) is 0 Å². The highest BCUT2D eigenvalue weighted by Crippen LogP contribution is 2.21. The highest BCUT2D eigenvalue weighted by atomic mass is 16.5. The number of rotatable bonds is 6. The van der Waals surface area contributed by atoms with Gasteiger partial charge in [-0.05, 0) is 30.3 Å². The summed E-state index contributed by atoms with van der Waals surface area (Å²) in [6, 6.07) is 8.29. The number of tetrazole rings is 1. The fourth-order valence-electron chi connectivity index (χ4n) is 3.20. The molecule has 0 N–H and O–H groups in total. The summed E-state index contributed by atoms with van der Waals surface area (Å²) in [5, 5.41) is 10.9. The molecule has 1 aromatic heterocycles. The van der Waals surface area contributed by atoms with Gasteiger partial charge in [-0.3, -0.25) is 9.69 Å². The highest BCUT2D eigenvalue weighted by molar-refractivity contribution is 5.76. The number of carbonyl (C=O) groups is 1. The third-order valence-corrected chi connectivity index (χ3v) is 4.39. The topological polar surface area (TPSA) is 76.4 Å². The monoisotopic (exact) mass is 344 g/mol. The molecule has 1 atom stereocenters. The molecule has 8 heteroatoms. The van der Waals surface area contributed by atoms with E-state index in [0.29, 0.717) is 13.2 Å². The number of para-hydroxylation sites is 1. The van der Waals surface area contributed by atoms with E-state index in [-0.39, 0.29) is 18.5 Å². The summed E-state index contributed by atoms with van der Waals surface area (Å²) in [4.78, 5) is 16.7. The van der Waals surface area contributed by atoms with Crippen LogP contribution < -0.4 is 4.74 Å². The number of ether oxygens (including phenoxy) is 1. The summed E-state index contributed by atoms with van der Waals surface area (Å²) in [5.41, 5.74) is 1.19. The van der Waals surface area contributed by atoms with Crippen LogP contribution in [0.3, 0.4) is 0 Å². The quantitative estimate of drug-likeness (QED) is 0.772. The van der Waals surface area contributed by atoms with Crippen LogP contribution in [-0.2, 0) is 17.9 Å². The summed E-state index contributed by atoms with van der Waals surface area (Å²) in [5.74, 6) is 0.990. The smallest absolute Gasteiger partial charge is 0.244 e. The molecule has 2 aromatic rings. The molecule has 0 radical (unpaired) electrons. The second kappa shape index (κ2) is 8.06. The van der Waals surface area contributed by atoms with Gasteiger partial charge in [0.15, 0.2) is 0 Å². The van der Waals surface area contributed by atoms with Crippen molar-refractivity contribution < 1.29 is 9.53 Å². The zero-order valence-electron chi connectivity index (χ0n) is 14.7. The maximum atomic E-state index is 12.5. The lowest BCUT2D eigenvalue weighted by molar-refractivity contribution is -0.136. The van der Waals surface area contributed by atoms with Crippen molar-refractivity contribution in [2.75, 3.05) is 26.2 Å². The van der Waals surface area contributed by atoms with Crippen molar-refractivity contribution in [3.8, 4) is 5.75 Å². The van der Waals surface area contributed by atoms with Gasteiger partial charge in [-0.2, -0.15) is 0 Å². The minimum atomic E-state index is 0.0502. The van der Waals surface area contributed by atoms with Gasteiger partial charge < -0.3 is 9.64 Å². The first-order valence-corrected chi connectivity index (χ1v) is 8.60. The molecule has 0 saturated carbocycles. The van der Waals surface area contributed by atoms with Crippen molar-refractivity contribution in [2.24, 2.45) is 0 Å². The van der Waals surface area contributed by atoms with E-state index in [2.05, 4.69) is 33.4 Å². The van der Waals surface area contributed by atoms with E-state index < -0.39 is 0 Å². The van der Waals surface area contributed by atoms with Crippen LogP contribution in [0.15, 0.2) is 30.6 Å². The summed E-state index contributed by atoms with van der Waals surface area (Å²) < 4.78 is 7.17. The van der Waals surface area contributed by atoms with E-state index in [1.165, 1.54) is 16.6 Å². The van der Waals surface area contributed by atoms with Gasteiger partial charge in [-0.15, -0.1) is 5.10 Å². The van der Waals surface area contributed by atoms with Gasteiger partial charge in [0.1, 0.15) is 18.6 Å². The summed E-state index contributed by atoms with van der Waals surface area (Å²) in [6.45, 7) is 8.13. The molecule has 2 heterocycles. The van der Waals surface area contributed by atoms with E-state index in [9.17, 15) is 4.79 Å². The first-order valence-electron chi connectivity index (χ1n) is 8.60. The maximum Gasteiger partial charge on any atom is 0.244 e. The third kappa shape index (κ3) is 4.33. The van der Waals surface area contributed by atoms with Crippen molar-refractivity contribution in [3.05, 3.63) is 36.2 Å². The predicted octanol–water partition coefficient (Wildman–Crippen LogP) is 0.805. The lowest BCUT2D eigenvalue weighted by Gasteiger charge is -2.40. The van der Waals surface area contributed by atoms with Crippen LogP contribution in [0.5, 0.6) is 5.75 Å². The average Bonchev–Trinajstić information content (AvgIpc) is 3.10. The summed E-state index contributed by atoms with van der Waals surface area (Å²) in [6.07, 6.45) is 1.46. The molecule has 0 bridgehead atoms. The SMILES string of the molecule is CCOc1ccccc1CN1CCN(C(=O)Cn2cnnn2)C(C)C1. The molecule has 1 aliphatic rings. The maximum absolute atomic E-state index is 12.5. The number of piperazine rings is 1. The lowest BCUT2D eigenvalue weighted by atomic mass is 10.1. The number of nitrogens with zero attached hydrogens (tertiary/aromatic N) is 6. The molecular weight excluding hydrogens is 320 g/mol. The second-order valence-corrected chi connectivity index (χ2v) is 6.22. The minimum Gasteiger partial charge on any atom is -0.494 e. The van der Waals surface area contributed by atoms with Crippen LogP contribution in [-0.4, -0.2) is 68.2 Å². The van der Waals surface area contributed by atoms with Gasteiger partial charge >= 0.3 is 0 Å². The van der Waals surface area contributed by atoms with E-state index in [4.69, 9.17) is 4.74 Å². The number of carbonyl (C=O) groups excluding carboxylic acids is 1. The Morgan fingerprint density at radius 3 is 2.88 bits per heavy atom. The molecule has 1 aliphatic heterocycles. The van der Waals surface area contributed by atoms with Crippen molar-refractivity contribution in [3.63, 3.8) is 0 Å². The normalized spacial score (nSPS) is 18.3. The van der Waals surface area contributed by atoms with Crippen LogP contribution >= 0.6 is 0 Å². The summed E-state index contributed by atoms with van der Waals surface area (Å²) >= 11 is 0. The number of aromatic nitrogens is 4. The van der Waals surface area contributed by atoms with Crippen molar-refractivity contribution in [1.82, 2.24) is 30.0 Å². The van der Waals surface area contributed by atoms with Crippen molar-refractivity contribution >= 4 is 5.91 Å². The molecule has 3 rings (SSSR count). The Kier molecular flexibility index (Phi) is 5.60. The van der Waals surface area contributed by atoms with E-state index in [0.717, 1.165) is 25.4 Å². The van der Waals surface area contributed by atoms with Crippen LogP contribution in [0.4, 0.5) is 0 Å². The van der Waals surface area contributed by atoms with Gasteiger partial charge in [0.25, 0.3) is 0 Å². The molecule has 25 heavy (non-hydrogen) atoms. The first kappa shape index (κ1) is 17.3. The molecule has 1 fully saturated rings. The van der Waals surface area contributed by atoms with Crippen LogP contribution in [0.2, 0.25) is 0 Å². The molecule has 0 spiro atoms. The van der Waals surface area contributed by atoms with E-state index in [1.807, 2.05) is 30.0 Å². The Hall–Kier alpha value is -2.48. The fourth-order valence-corrected chi connectivity index (χ4v) is 3.20. The standard InChI is InChI=1S/C17H24N6O2/c1-3-25-16-7-5-4-6-15(16)11-21-8-9-23(14(2)10-21)17(24)12-22-13-18-19-20-22/h4-7,13-14H,3,8-12H2,1-2H3. The average molecular weight is 344 g/mol. The molecule has 0 aliphatic carbocycles. The largest absolute Gasteiger partial charge is 0.494 e. The molecule has 134 valence electrons. The lowest BCUT2D eigenvalue weighted by Crippen LogP contribution is -2.54. The Bertz CT molecular complexity index is 690. The van der Waals surface area contributed by atoms with Gasteiger partial charge in [0.05, 0.1) is 6.61 Å². The zero-order valence-corrected chi connectivity index (χ0v) is 14.7. The first-order chi connectivity index (χ1) is 12.2. The van der Waals surface area contributed by atoms with Crippen LogP contribution in [0, 0.1) is 0 Å². The summed E-state index contributed by atoms with van der Waals surface area (Å²) in [7, 11) is 0. The molecule has 8 nitrogen and oxygen atoms in total. The van der Waals surface area contributed by atoms with Gasteiger partial charge in [-0.1, -0.05) is 18.2 Å². The van der Waals surface area contributed by atoms with Crippen LogP contribution in [0.1, 0.15) is 19.4 Å². The Balaban J connectivity index is 1.57. The molecule has 1 saturated heterocycles. The number of benzene rings is 1. The van der Waals surface area contributed by atoms with Gasteiger partial charge in [-0.25, -0.2) is 4.68 Å². The van der Waals surface area contributed by atoms with Gasteiger partial charge in [0.2, 0.25) is 5.91 Å². The third-order valence-electron chi connectivity index (χ3n) is 4.39. The number of amides is 1. The number of hydrogen-bond acceptors (Lipinski definition) is 6. The molecule has 1 aromatic carbocycles. The van der Waals surface area contributed by atoms with Crippen LogP contribution in [0.25, 0.3) is 0 Å². The van der Waals surface area contributed by atoms with E-state index >= 15 is 0 Å². The number of hydrogen-bond donors (Lipinski definition) is 0. The zero-order chi connectivity index (χ0) is 17.6. The molecule has 1 unspecified atom stereocenters. The predicted molar refractivity (Wildman–Crippen MR) is 91.9 cm³/mol. The van der Waals surface area contributed by atoms with Crippen molar-refractivity contribution in [1.29, 1.82) is 0 Å². The molecular formula is C17H24N6O2. The fraction of sp³-hybridized carbons (Fsp3) is 0.529. The highest BCUT2D eigenvalue weighted by Gasteiger charge is 2.28.